The number of hydrogen-bond donors (Lipinski definition) is 3. The van der Waals surface area contributed by atoms with E-state index in [9.17, 15) is 13.2 Å². The van der Waals surface area contributed by atoms with Crippen molar-refractivity contribution in [1.82, 2.24) is 9.62 Å². The number of amides is 2. The fourth-order valence-corrected chi connectivity index (χ4v) is 7.14. The first kappa shape index (κ1) is 25.0. The number of nitrogen functional groups attached to an aromatic ring is 1. The molecule has 0 aromatic heterocycles. The van der Waals surface area contributed by atoms with Gasteiger partial charge in [0, 0.05) is 24.3 Å². The highest BCUT2D eigenvalue weighted by Crippen LogP contribution is 2.40. The molecule has 0 atom stereocenters. The zero-order valence-corrected chi connectivity index (χ0v) is 20.7. The van der Waals surface area contributed by atoms with Gasteiger partial charge >= 0.3 is 6.03 Å². The van der Waals surface area contributed by atoms with E-state index in [1.807, 2.05) is 0 Å². The summed E-state index contributed by atoms with van der Waals surface area (Å²) in [5.74, 6) is 0.177. The third-order valence-electron chi connectivity index (χ3n) is 7.38. The van der Waals surface area contributed by atoms with Crippen LogP contribution in [0, 0.1) is 17.2 Å². The number of piperidine rings is 1. The Morgan fingerprint density at radius 1 is 1.03 bits per heavy atom. The van der Waals surface area contributed by atoms with Crippen LogP contribution in [0.2, 0.25) is 0 Å². The number of para-hydroxylation sites is 1. The minimum atomic E-state index is -3.66. The zero-order valence-electron chi connectivity index (χ0n) is 19.9. The van der Waals surface area contributed by atoms with Gasteiger partial charge in [0.1, 0.15) is 4.90 Å². The second-order valence-electron chi connectivity index (χ2n) is 9.56. The maximum atomic E-state index is 13.2. The molecule has 1 saturated carbocycles. The number of nitriles is 1. The number of urea groups is 1. The number of nitrogens with one attached hydrogen (secondary N) is 2. The summed E-state index contributed by atoms with van der Waals surface area (Å²) >= 11 is 0. The van der Waals surface area contributed by atoms with Gasteiger partial charge in [-0.3, -0.25) is 0 Å². The van der Waals surface area contributed by atoms with Crippen LogP contribution in [0.4, 0.5) is 16.2 Å². The molecule has 2 aromatic carbocycles. The van der Waals surface area contributed by atoms with Crippen LogP contribution in [-0.2, 0) is 10.0 Å². The Hall–Kier alpha value is -3.09. The van der Waals surface area contributed by atoms with Gasteiger partial charge in [-0.05, 0) is 61.9 Å². The fraction of sp³-hybridized carbons (Fsp3) is 0.462. The second-order valence-corrected chi connectivity index (χ2v) is 11.5. The summed E-state index contributed by atoms with van der Waals surface area (Å²) in [6, 6.07) is 15.2. The van der Waals surface area contributed by atoms with Crippen molar-refractivity contribution in [3.8, 4) is 6.07 Å². The van der Waals surface area contributed by atoms with Crippen LogP contribution in [0.3, 0.4) is 0 Å². The topological polar surface area (TPSA) is 128 Å². The predicted octanol–water partition coefficient (Wildman–Crippen LogP) is 4.46. The quantitative estimate of drug-likeness (QED) is 0.417. The lowest BCUT2D eigenvalue weighted by Crippen LogP contribution is -2.57. The molecule has 1 heterocycles. The van der Waals surface area contributed by atoms with Gasteiger partial charge in [-0.25, -0.2) is 13.2 Å². The Kier molecular flexibility index (Phi) is 7.63. The number of benzene rings is 2. The number of hydrogen-bond acceptors (Lipinski definition) is 5. The first-order valence-electron chi connectivity index (χ1n) is 12.3. The molecule has 0 radical (unpaired) electrons. The molecule has 8 nitrogen and oxygen atoms in total. The largest absolute Gasteiger partial charge is 0.398 e. The smallest absolute Gasteiger partial charge is 0.319 e. The van der Waals surface area contributed by atoms with Crippen molar-refractivity contribution in [1.29, 1.82) is 5.26 Å². The van der Waals surface area contributed by atoms with Gasteiger partial charge < -0.3 is 16.4 Å². The Bertz CT molecular complexity index is 1190. The molecule has 9 heteroatoms. The summed E-state index contributed by atoms with van der Waals surface area (Å²) in [6.45, 7) is 0.799. The Labute approximate surface area is 207 Å². The Balaban J connectivity index is 1.48. The van der Waals surface area contributed by atoms with Gasteiger partial charge in [0.2, 0.25) is 10.0 Å². The predicted molar refractivity (Wildman–Crippen MR) is 136 cm³/mol. The van der Waals surface area contributed by atoms with Crippen molar-refractivity contribution >= 4 is 27.4 Å². The van der Waals surface area contributed by atoms with E-state index in [4.69, 9.17) is 11.0 Å². The molecule has 0 spiro atoms. The van der Waals surface area contributed by atoms with Gasteiger partial charge in [-0.15, -0.1) is 0 Å². The molecule has 186 valence electrons. The molecule has 0 bridgehead atoms. The molecule has 1 saturated heterocycles. The van der Waals surface area contributed by atoms with Gasteiger partial charge in [0.05, 0.1) is 17.3 Å². The van der Waals surface area contributed by atoms with Crippen LogP contribution in [0.5, 0.6) is 0 Å². The highest BCUT2D eigenvalue weighted by atomic mass is 32.2. The minimum Gasteiger partial charge on any atom is -0.398 e. The van der Waals surface area contributed by atoms with Gasteiger partial charge in [0.15, 0.2) is 0 Å². The number of sulfonamides is 1. The van der Waals surface area contributed by atoms with Crippen LogP contribution < -0.4 is 16.4 Å². The fourth-order valence-electron chi connectivity index (χ4n) is 5.55. The average molecular weight is 496 g/mol. The van der Waals surface area contributed by atoms with E-state index in [0.29, 0.717) is 37.2 Å². The minimum absolute atomic E-state index is 0.153. The molecule has 2 amide bonds. The summed E-state index contributed by atoms with van der Waals surface area (Å²) < 4.78 is 27.9. The van der Waals surface area contributed by atoms with Crippen molar-refractivity contribution < 1.29 is 13.2 Å². The summed E-state index contributed by atoms with van der Waals surface area (Å²) in [5.41, 5.74) is 6.89. The summed E-state index contributed by atoms with van der Waals surface area (Å²) in [6.07, 6.45) is 7.44. The highest BCUT2D eigenvalue weighted by Gasteiger charge is 2.43. The van der Waals surface area contributed by atoms with Crippen molar-refractivity contribution in [2.45, 2.75) is 61.8 Å². The number of nitrogens with two attached hydrogens (primary N) is 1. The summed E-state index contributed by atoms with van der Waals surface area (Å²) in [5, 5.41) is 15.3. The van der Waals surface area contributed by atoms with E-state index in [1.165, 1.54) is 4.31 Å². The SMILES string of the molecule is N#Cc1cccc(NC(=O)NC2(C3CCN(S(=O)(=O)c4ccccc4N)CC3)CCCCCC2)c1. The number of anilines is 2. The van der Waals surface area contributed by atoms with E-state index >= 15 is 0 Å². The highest BCUT2D eigenvalue weighted by molar-refractivity contribution is 7.89. The molecular formula is C26H33N5O3S. The van der Waals surface area contributed by atoms with Crippen LogP contribution in [0.1, 0.15) is 56.9 Å². The molecule has 0 unspecified atom stereocenters. The molecule has 2 aliphatic rings. The van der Waals surface area contributed by atoms with Crippen LogP contribution in [0.15, 0.2) is 53.4 Å². The van der Waals surface area contributed by atoms with E-state index in [0.717, 1.165) is 38.5 Å². The number of carbonyl (C=O) groups excluding carboxylic acids is 1. The normalized spacial score (nSPS) is 19.3. The zero-order chi connectivity index (χ0) is 24.9. The molecular weight excluding hydrogens is 462 g/mol. The number of rotatable bonds is 5. The third kappa shape index (κ3) is 5.60. The lowest BCUT2D eigenvalue weighted by Gasteiger charge is -2.45. The number of nitrogens with zero attached hydrogens (tertiary/aromatic N) is 2. The van der Waals surface area contributed by atoms with Crippen molar-refractivity contribution in [2.24, 2.45) is 5.92 Å². The molecule has 4 rings (SSSR count). The van der Waals surface area contributed by atoms with Gasteiger partial charge in [-0.2, -0.15) is 9.57 Å². The third-order valence-corrected chi connectivity index (χ3v) is 9.35. The summed E-state index contributed by atoms with van der Waals surface area (Å²) in [4.78, 5) is 13.2. The Morgan fingerprint density at radius 2 is 1.71 bits per heavy atom. The first-order chi connectivity index (χ1) is 16.8. The van der Waals surface area contributed by atoms with E-state index in [-0.39, 0.29) is 28.1 Å². The lowest BCUT2D eigenvalue weighted by atomic mass is 9.73. The standard InChI is InChI=1S/C26H33N5O3S/c27-19-20-8-7-9-22(18-20)29-25(32)30-26(14-5-1-2-6-15-26)21-12-16-31(17-13-21)35(33,34)24-11-4-3-10-23(24)28/h3-4,7-11,18,21H,1-2,5-6,12-17,28H2,(H2,29,30,32). The first-order valence-corrected chi connectivity index (χ1v) is 13.7. The van der Waals surface area contributed by atoms with Gasteiger partial charge in [-0.1, -0.05) is 43.9 Å². The maximum Gasteiger partial charge on any atom is 0.319 e. The van der Waals surface area contributed by atoms with E-state index < -0.39 is 10.0 Å². The lowest BCUT2D eigenvalue weighted by molar-refractivity contribution is 0.130. The molecule has 2 aromatic rings. The molecule has 1 aliphatic carbocycles. The molecule has 1 aliphatic heterocycles. The second kappa shape index (κ2) is 10.7. The molecule has 4 N–H and O–H groups in total. The van der Waals surface area contributed by atoms with Crippen LogP contribution >= 0.6 is 0 Å². The van der Waals surface area contributed by atoms with Crippen LogP contribution in [0.25, 0.3) is 0 Å². The monoisotopic (exact) mass is 495 g/mol. The summed E-state index contributed by atoms with van der Waals surface area (Å²) in [7, 11) is -3.66. The van der Waals surface area contributed by atoms with Crippen molar-refractivity contribution in [3.05, 3.63) is 54.1 Å². The molecule has 2 fully saturated rings. The Morgan fingerprint density at radius 3 is 2.37 bits per heavy atom. The average Bonchev–Trinajstić information content (AvgIpc) is 3.10. The van der Waals surface area contributed by atoms with E-state index in [1.54, 1.807) is 48.5 Å². The maximum absolute atomic E-state index is 13.2. The van der Waals surface area contributed by atoms with Crippen molar-refractivity contribution in [3.63, 3.8) is 0 Å². The number of carbonyl (C=O) groups is 1. The molecule has 35 heavy (non-hydrogen) atoms. The van der Waals surface area contributed by atoms with Gasteiger partial charge in [0.25, 0.3) is 0 Å². The van der Waals surface area contributed by atoms with E-state index in [2.05, 4.69) is 16.7 Å². The van der Waals surface area contributed by atoms with Crippen molar-refractivity contribution in [2.75, 3.05) is 24.1 Å². The van der Waals surface area contributed by atoms with Crippen LogP contribution in [-0.4, -0.2) is 37.4 Å².